The number of nitrogens with zero attached hydrogens (tertiary/aromatic N) is 2. The number of carbonyl (C=O) groups is 1. The molecule has 0 saturated carbocycles. The third-order valence-electron chi connectivity index (χ3n) is 4.52. The van der Waals surface area contributed by atoms with E-state index in [2.05, 4.69) is 29.1 Å². The molecule has 150 valence electrons. The molecule has 1 aromatic heterocycles. The van der Waals surface area contributed by atoms with Crippen LogP contribution in [0.4, 0.5) is 5.69 Å². The van der Waals surface area contributed by atoms with E-state index in [0.717, 1.165) is 11.3 Å². The number of hydrogen-bond acceptors (Lipinski definition) is 6. The van der Waals surface area contributed by atoms with Crippen molar-refractivity contribution in [3.63, 3.8) is 0 Å². The first-order valence-corrected chi connectivity index (χ1v) is 9.38. The molecule has 2 heterocycles. The maximum Gasteiger partial charge on any atom is 0.322 e. The molecule has 1 unspecified atom stereocenters. The molecule has 0 saturated heterocycles. The third-order valence-corrected chi connectivity index (χ3v) is 4.52. The molecular formula is C21H28N4O3. The molecule has 1 aliphatic heterocycles. The van der Waals surface area contributed by atoms with Crippen molar-refractivity contribution in [1.82, 2.24) is 9.97 Å². The minimum absolute atomic E-state index is 0.0294. The van der Waals surface area contributed by atoms with Gasteiger partial charge in [-0.05, 0) is 24.0 Å². The Morgan fingerprint density at radius 2 is 2.00 bits per heavy atom. The first kappa shape index (κ1) is 20.1. The van der Waals surface area contributed by atoms with Crippen LogP contribution in [0.3, 0.4) is 0 Å². The fourth-order valence-corrected chi connectivity index (χ4v) is 3.23. The van der Waals surface area contributed by atoms with E-state index >= 15 is 0 Å². The monoisotopic (exact) mass is 384 g/mol. The second-order valence-corrected chi connectivity index (χ2v) is 9.02. The zero-order chi connectivity index (χ0) is 20.5. The lowest BCUT2D eigenvalue weighted by Gasteiger charge is -2.22. The molecule has 1 aliphatic rings. The van der Waals surface area contributed by atoms with Crippen molar-refractivity contribution in [2.24, 2.45) is 11.1 Å². The van der Waals surface area contributed by atoms with Gasteiger partial charge in [-0.3, -0.25) is 4.79 Å². The van der Waals surface area contributed by atoms with Crippen molar-refractivity contribution < 1.29 is 14.3 Å². The molecular weight excluding hydrogens is 356 g/mol. The Bertz CT molecular complexity index is 857. The number of fused-ring (bicyclic) bond motifs is 1. The second-order valence-electron chi connectivity index (χ2n) is 9.02. The van der Waals surface area contributed by atoms with Gasteiger partial charge in [-0.2, -0.15) is 0 Å². The van der Waals surface area contributed by atoms with Gasteiger partial charge in [0.05, 0.1) is 30.7 Å². The van der Waals surface area contributed by atoms with E-state index in [9.17, 15) is 4.79 Å². The van der Waals surface area contributed by atoms with Crippen LogP contribution in [0.2, 0.25) is 0 Å². The Morgan fingerprint density at radius 3 is 2.64 bits per heavy atom. The summed E-state index contributed by atoms with van der Waals surface area (Å²) < 4.78 is 11.6. The molecule has 0 spiro atoms. The van der Waals surface area contributed by atoms with E-state index in [0.29, 0.717) is 24.5 Å². The van der Waals surface area contributed by atoms with Crippen LogP contribution in [-0.2, 0) is 10.2 Å². The van der Waals surface area contributed by atoms with Crippen molar-refractivity contribution >= 4 is 11.6 Å². The molecule has 2 aromatic rings. The fourth-order valence-electron chi connectivity index (χ4n) is 3.23. The van der Waals surface area contributed by atoms with Crippen molar-refractivity contribution in [3.8, 4) is 17.5 Å². The zero-order valence-electron chi connectivity index (χ0n) is 17.1. The van der Waals surface area contributed by atoms with E-state index < -0.39 is 6.04 Å². The third kappa shape index (κ3) is 4.59. The van der Waals surface area contributed by atoms with Gasteiger partial charge < -0.3 is 20.5 Å². The van der Waals surface area contributed by atoms with Crippen LogP contribution in [0.1, 0.15) is 46.6 Å². The van der Waals surface area contributed by atoms with Gasteiger partial charge in [0.2, 0.25) is 5.91 Å². The van der Waals surface area contributed by atoms with Crippen molar-refractivity contribution in [2.75, 3.05) is 11.9 Å². The standard InChI is InChI=1S/C21H28N4O3/c1-20(2,3)9-14(22)18(26)25-13-10-23-19(24-11-13)28-16-8-6-7-15-17(16)21(4,5)12-27-15/h6-8,10-11,14H,9,12,22H2,1-5H3,(H,25,26). The van der Waals surface area contributed by atoms with E-state index in [4.69, 9.17) is 15.2 Å². The highest BCUT2D eigenvalue weighted by Crippen LogP contribution is 2.44. The number of rotatable bonds is 5. The average molecular weight is 384 g/mol. The first-order valence-electron chi connectivity index (χ1n) is 9.38. The summed E-state index contributed by atoms with van der Waals surface area (Å²) in [5, 5.41) is 2.75. The van der Waals surface area contributed by atoms with Crippen LogP contribution in [0.15, 0.2) is 30.6 Å². The highest BCUT2D eigenvalue weighted by molar-refractivity contribution is 5.94. The Hall–Kier alpha value is -2.67. The lowest BCUT2D eigenvalue weighted by Crippen LogP contribution is -2.38. The van der Waals surface area contributed by atoms with Gasteiger partial charge in [-0.15, -0.1) is 0 Å². The average Bonchev–Trinajstić information content (AvgIpc) is 2.91. The van der Waals surface area contributed by atoms with E-state index in [1.165, 1.54) is 12.4 Å². The van der Waals surface area contributed by atoms with Gasteiger partial charge in [-0.25, -0.2) is 9.97 Å². The van der Waals surface area contributed by atoms with Crippen LogP contribution >= 0.6 is 0 Å². The molecule has 0 aliphatic carbocycles. The largest absolute Gasteiger partial charge is 0.492 e. The van der Waals surface area contributed by atoms with Gasteiger partial charge in [-0.1, -0.05) is 40.7 Å². The van der Waals surface area contributed by atoms with Crippen LogP contribution in [-0.4, -0.2) is 28.5 Å². The van der Waals surface area contributed by atoms with E-state index in [1.54, 1.807) is 0 Å². The van der Waals surface area contributed by atoms with E-state index in [1.807, 2.05) is 39.0 Å². The molecule has 28 heavy (non-hydrogen) atoms. The summed E-state index contributed by atoms with van der Waals surface area (Å²) in [4.78, 5) is 20.6. The summed E-state index contributed by atoms with van der Waals surface area (Å²) in [6.45, 7) is 10.9. The molecule has 3 rings (SSSR count). The second kappa shape index (κ2) is 7.39. The number of nitrogens with two attached hydrogens (primary N) is 1. The molecule has 0 fully saturated rings. The summed E-state index contributed by atoms with van der Waals surface area (Å²) in [6, 6.07) is 5.29. The molecule has 1 amide bonds. The smallest absolute Gasteiger partial charge is 0.322 e. The highest BCUT2D eigenvalue weighted by Gasteiger charge is 2.35. The number of aromatic nitrogens is 2. The van der Waals surface area contributed by atoms with E-state index in [-0.39, 0.29) is 22.7 Å². The fraction of sp³-hybridized carbons (Fsp3) is 0.476. The number of nitrogens with one attached hydrogen (secondary N) is 1. The Kier molecular flexibility index (Phi) is 5.30. The predicted molar refractivity (Wildman–Crippen MR) is 108 cm³/mol. The summed E-state index contributed by atoms with van der Waals surface area (Å²) in [5.41, 5.74) is 7.27. The van der Waals surface area contributed by atoms with Gasteiger partial charge in [0.25, 0.3) is 0 Å². The summed E-state index contributed by atoms with van der Waals surface area (Å²) in [6.07, 6.45) is 3.60. The van der Waals surface area contributed by atoms with Gasteiger partial charge in [0.1, 0.15) is 11.5 Å². The summed E-state index contributed by atoms with van der Waals surface area (Å²) >= 11 is 0. The topological polar surface area (TPSA) is 99.4 Å². The molecule has 7 nitrogen and oxygen atoms in total. The Balaban J connectivity index is 1.68. The van der Waals surface area contributed by atoms with Crippen LogP contribution in [0, 0.1) is 5.41 Å². The van der Waals surface area contributed by atoms with Crippen LogP contribution < -0.4 is 20.5 Å². The van der Waals surface area contributed by atoms with Gasteiger partial charge in [0.15, 0.2) is 0 Å². The van der Waals surface area contributed by atoms with Gasteiger partial charge >= 0.3 is 6.01 Å². The normalized spacial score (nSPS) is 16.1. The molecule has 0 radical (unpaired) electrons. The molecule has 7 heteroatoms. The first-order chi connectivity index (χ1) is 13.0. The number of anilines is 1. The number of carbonyl (C=O) groups excluding carboxylic acids is 1. The highest BCUT2D eigenvalue weighted by atomic mass is 16.5. The Morgan fingerprint density at radius 1 is 1.32 bits per heavy atom. The minimum atomic E-state index is -0.593. The van der Waals surface area contributed by atoms with Crippen molar-refractivity contribution in [3.05, 3.63) is 36.2 Å². The summed E-state index contributed by atoms with van der Waals surface area (Å²) in [5.74, 6) is 1.23. The molecule has 1 atom stereocenters. The number of hydrogen-bond donors (Lipinski definition) is 2. The van der Waals surface area contributed by atoms with Crippen molar-refractivity contribution in [2.45, 2.75) is 52.5 Å². The van der Waals surface area contributed by atoms with Crippen LogP contribution in [0.5, 0.6) is 17.5 Å². The van der Waals surface area contributed by atoms with Gasteiger partial charge in [0, 0.05) is 11.0 Å². The van der Waals surface area contributed by atoms with Crippen LogP contribution in [0.25, 0.3) is 0 Å². The zero-order valence-corrected chi connectivity index (χ0v) is 17.1. The molecule has 3 N–H and O–H groups in total. The predicted octanol–water partition coefficient (Wildman–Crippen LogP) is 3.64. The Labute approximate surface area is 165 Å². The minimum Gasteiger partial charge on any atom is -0.492 e. The maximum absolute atomic E-state index is 12.2. The molecule has 1 aromatic carbocycles. The number of amides is 1. The number of ether oxygens (including phenoxy) is 2. The van der Waals surface area contributed by atoms with Crippen molar-refractivity contribution in [1.29, 1.82) is 0 Å². The lowest BCUT2D eigenvalue weighted by molar-refractivity contribution is -0.118. The maximum atomic E-state index is 12.2. The lowest BCUT2D eigenvalue weighted by atomic mass is 9.86. The number of benzene rings is 1. The summed E-state index contributed by atoms with van der Waals surface area (Å²) in [7, 11) is 0. The quantitative estimate of drug-likeness (QED) is 0.816. The molecule has 0 bridgehead atoms. The SMILES string of the molecule is CC(C)(C)CC(N)C(=O)Nc1cnc(Oc2cccc3c2C(C)(C)CO3)nc1.